The predicted octanol–water partition coefficient (Wildman–Crippen LogP) is 0.885. The van der Waals surface area contributed by atoms with Crippen LogP contribution in [0.5, 0.6) is 0 Å². The Morgan fingerprint density at radius 2 is 1.25 bits per heavy atom. The maximum absolute atomic E-state index is 9.31. The number of rotatable bonds is 0. The second-order valence-corrected chi connectivity index (χ2v) is 0. The van der Waals surface area contributed by atoms with Crippen LogP contribution in [-0.4, -0.2) is 23.1 Å². The van der Waals surface area contributed by atoms with Crippen molar-refractivity contribution in [1.29, 1.82) is 0 Å². The molecule has 0 bridgehead atoms. The Morgan fingerprint density at radius 1 is 1.25 bits per heavy atom. The molecule has 0 aliphatic rings. The van der Waals surface area contributed by atoms with Gasteiger partial charge in [-0.2, -0.15) is 3.56 Å². The van der Waals surface area contributed by atoms with Crippen LogP contribution in [0.3, 0.4) is 0 Å². The first-order valence-corrected chi connectivity index (χ1v) is 0.742. The van der Waals surface area contributed by atoms with E-state index in [-0.39, 0.29) is 72.4 Å². The van der Waals surface area contributed by atoms with Gasteiger partial charge in [0.15, 0.2) is 16.4 Å². The monoisotopic (exact) mass is 275 g/mol. The molecule has 0 aromatic heterocycles. The van der Waals surface area contributed by atoms with Crippen LogP contribution in [0.1, 0.15) is 0 Å². The molecule has 0 N–H and O–H groups in total. The van der Waals surface area contributed by atoms with E-state index in [1.54, 1.807) is 0 Å². The van der Waals surface area contributed by atoms with Crippen molar-refractivity contribution in [1.82, 2.24) is 0 Å². The topological polar surface area (TPSA) is 0 Å². The van der Waals surface area contributed by atoms with E-state index in [9.17, 15) is 3.56 Å². The van der Waals surface area contributed by atoms with Gasteiger partial charge in [0.05, 0.1) is 0 Å². The zero-order chi connectivity index (χ0) is 2.00. The molecule has 0 aromatic carbocycles. The molecular formula is BrEuFMg+4. The average Bonchev–Trinajstić information content (AvgIpc) is 1.00. The first kappa shape index (κ1) is 15.9. The summed E-state index contributed by atoms with van der Waals surface area (Å²) in [6.45, 7) is 0. The van der Waals surface area contributed by atoms with Gasteiger partial charge in [0.25, 0.3) is 0 Å². The zero-order valence-corrected chi connectivity index (χ0v) is 7.27. The molecule has 0 aliphatic heterocycles. The van der Waals surface area contributed by atoms with Crippen molar-refractivity contribution in [2.45, 2.75) is 0 Å². The van der Waals surface area contributed by atoms with Gasteiger partial charge in [-0.3, -0.25) is 0 Å². The summed E-state index contributed by atoms with van der Waals surface area (Å²) < 4.78 is 9.31. The maximum atomic E-state index is 9.31. The van der Waals surface area contributed by atoms with Crippen molar-refractivity contribution in [3.63, 3.8) is 0 Å². The molecule has 4 heavy (non-hydrogen) atoms. The van der Waals surface area contributed by atoms with Crippen LogP contribution in [0.2, 0.25) is 0 Å². The first-order chi connectivity index (χ1) is 1.00. The molecule has 0 heterocycles. The van der Waals surface area contributed by atoms with E-state index in [2.05, 4.69) is 0 Å². The van der Waals surface area contributed by atoms with Crippen LogP contribution >= 0.6 is 16.4 Å². The molecule has 4 heteroatoms. The predicted molar refractivity (Wildman–Crippen MR) is 15.8 cm³/mol. The van der Waals surface area contributed by atoms with E-state index >= 15 is 0 Å². The molecule has 0 fully saturated rings. The first-order valence-electron chi connectivity index (χ1n) is 0.143. The largest absolute Gasteiger partial charge is 2.00 e. The summed E-state index contributed by atoms with van der Waals surface area (Å²) >= 11 is 1.44. The van der Waals surface area contributed by atoms with Crippen molar-refractivity contribution < 1.29 is 52.9 Å². The summed E-state index contributed by atoms with van der Waals surface area (Å²) in [5.41, 5.74) is 0. The standard InChI is InChI=1S/BrF.Eu.Mg/c1-2;;/q;2*+2. The summed E-state index contributed by atoms with van der Waals surface area (Å²) in [6, 6.07) is 0. The Bertz CT molecular complexity index is 8.00. The minimum Gasteiger partial charge on any atom is -0.158 e. The third kappa shape index (κ3) is 8.83. The van der Waals surface area contributed by atoms with Gasteiger partial charge in [-0.15, -0.1) is 0 Å². The normalized spacial score (nSPS) is 1.50. The van der Waals surface area contributed by atoms with Crippen molar-refractivity contribution in [3.05, 3.63) is 0 Å². The molecule has 0 unspecified atom stereocenters. The van der Waals surface area contributed by atoms with Gasteiger partial charge in [-0.05, 0) is 0 Å². The van der Waals surface area contributed by atoms with Crippen LogP contribution in [0.4, 0.5) is 3.56 Å². The van der Waals surface area contributed by atoms with E-state index in [0.29, 0.717) is 0 Å². The van der Waals surface area contributed by atoms with E-state index in [0.717, 1.165) is 0 Å². The Labute approximate surface area is 90.2 Å². The minimum atomic E-state index is 0. The van der Waals surface area contributed by atoms with E-state index in [1.807, 2.05) is 0 Å². The Balaban J connectivity index is -0.00000000500. The molecule has 0 atom stereocenters. The molecule has 19 valence electrons. The molecule has 0 rings (SSSR count). The van der Waals surface area contributed by atoms with Crippen molar-refractivity contribution in [3.8, 4) is 0 Å². The summed E-state index contributed by atoms with van der Waals surface area (Å²) in [7, 11) is 0. The minimum absolute atomic E-state index is 0. The van der Waals surface area contributed by atoms with Crippen molar-refractivity contribution >= 4 is 39.4 Å². The summed E-state index contributed by atoms with van der Waals surface area (Å²) in [4.78, 5) is 0. The number of hydrogen-bond donors (Lipinski definition) is 0. The smallest absolute Gasteiger partial charge is 0.158 e. The van der Waals surface area contributed by atoms with Gasteiger partial charge in [0.1, 0.15) is 0 Å². The van der Waals surface area contributed by atoms with Gasteiger partial charge < -0.3 is 0 Å². The van der Waals surface area contributed by atoms with Crippen LogP contribution in [0.25, 0.3) is 0 Å². The van der Waals surface area contributed by atoms with E-state index in [4.69, 9.17) is 0 Å². The second kappa shape index (κ2) is 17.1. The SMILES string of the molecule is FBr.[Eu+2].[Mg+2]. The number of halogens is 2. The third-order valence-corrected chi connectivity index (χ3v) is 0. The molecular weight excluding hydrogens is 275 g/mol. The fourth-order valence-corrected chi connectivity index (χ4v) is 0. The van der Waals surface area contributed by atoms with Crippen LogP contribution in [0, 0.1) is 49.4 Å². The fraction of sp³-hybridized carbons (Fsp3) is 0. The molecule has 0 aliphatic carbocycles. The fourth-order valence-electron chi connectivity index (χ4n) is 0. The molecule has 0 spiro atoms. The van der Waals surface area contributed by atoms with Gasteiger partial charge in [-0.25, -0.2) is 0 Å². The van der Waals surface area contributed by atoms with Crippen molar-refractivity contribution in [2.24, 2.45) is 0 Å². The van der Waals surface area contributed by atoms with Crippen molar-refractivity contribution in [2.75, 3.05) is 0 Å². The molecule has 0 saturated carbocycles. The van der Waals surface area contributed by atoms with Gasteiger partial charge in [0, 0.05) is 0 Å². The summed E-state index contributed by atoms with van der Waals surface area (Å²) in [5, 5.41) is 0. The Kier molecular flexibility index (Phi) is 67.9. The molecule has 1 radical (unpaired) electrons. The van der Waals surface area contributed by atoms with Crippen LogP contribution < -0.4 is 0 Å². The zero-order valence-electron chi connectivity index (χ0n) is 1.84. The Morgan fingerprint density at radius 3 is 1.25 bits per heavy atom. The number of hydrogen-bond acceptors (Lipinski definition) is 0. The summed E-state index contributed by atoms with van der Waals surface area (Å²) in [5.74, 6) is 0. The van der Waals surface area contributed by atoms with Crippen LogP contribution in [-0.2, 0) is 0 Å². The molecule has 0 aromatic rings. The molecule has 0 amide bonds. The third-order valence-electron chi connectivity index (χ3n) is 0. The molecule has 0 saturated heterocycles. The Hall–Kier alpha value is 2.76. The van der Waals surface area contributed by atoms with E-state index in [1.165, 1.54) is 16.4 Å². The second-order valence-electron chi connectivity index (χ2n) is 0. The van der Waals surface area contributed by atoms with E-state index < -0.39 is 0 Å². The van der Waals surface area contributed by atoms with Gasteiger partial charge in [-0.1, -0.05) is 0 Å². The molecule has 0 nitrogen and oxygen atoms in total. The quantitative estimate of drug-likeness (QED) is 0.576. The van der Waals surface area contributed by atoms with Gasteiger partial charge in [0.2, 0.25) is 0 Å². The average molecular weight is 275 g/mol. The maximum Gasteiger partial charge on any atom is 2.00 e. The van der Waals surface area contributed by atoms with Crippen LogP contribution in [0.15, 0.2) is 0 Å². The summed E-state index contributed by atoms with van der Waals surface area (Å²) in [6.07, 6.45) is 0. The van der Waals surface area contributed by atoms with Gasteiger partial charge >= 0.3 is 72.4 Å².